The number of hydrogen-bond donors (Lipinski definition) is 2. The van der Waals surface area contributed by atoms with E-state index < -0.39 is 32.0 Å². The van der Waals surface area contributed by atoms with Crippen molar-refractivity contribution in [1.29, 1.82) is 0 Å². The summed E-state index contributed by atoms with van der Waals surface area (Å²) in [4.78, 5) is 23.6. The third kappa shape index (κ3) is 7.43. The minimum absolute atomic E-state index is 0.114. The molecule has 0 spiro atoms. The maximum atomic E-state index is 12.0. The van der Waals surface area contributed by atoms with Crippen LogP contribution in [-0.4, -0.2) is 43.7 Å². The number of nitrogens with one attached hydrogen (secondary N) is 1. The number of carbonyl (C=O) groups is 2. The fourth-order valence-corrected chi connectivity index (χ4v) is 8.75. The van der Waals surface area contributed by atoms with E-state index in [-0.39, 0.29) is 5.04 Å². The summed E-state index contributed by atoms with van der Waals surface area (Å²) in [6, 6.07) is 19.8. The summed E-state index contributed by atoms with van der Waals surface area (Å²) in [6.45, 7) is 12.4. The standard InChI is InChI=1S/C27H39NO5Si/c1-26(2,3)33-25(31)28-23(24(29)30)19-13-14-20-32-34(27(4,5)6,21-15-9-7-10-16-21)22-17-11-8-12-18-22/h7-12,15-18,23H,13-14,19-20H2,1-6H3,(H,28,31)(H,29,30)/t23-/m0/s1. The average molecular weight is 486 g/mol. The summed E-state index contributed by atoms with van der Waals surface area (Å²) >= 11 is 0. The molecular weight excluding hydrogens is 446 g/mol. The second kappa shape index (κ2) is 11.7. The molecule has 0 aliphatic carbocycles. The first-order valence-electron chi connectivity index (χ1n) is 11.8. The Balaban J connectivity index is 2.10. The molecule has 0 saturated heterocycles. The normalized spacial score (nSPS) is 13.2. The van der Waals surface area contributed by atoms with Crippen LogP contribution in [0.3, 0.4) is 0 Å². The van der Waals surface area contributed by atoms with Gasteiger partial charge >= 0.3 is 12.1 Å². The van der Waals surface area contributed by atoms with E-state index >= 15 is 0 Å². The fraction of sp³-hybridized carbons (Fsp3) is 0.481. The fourth-order valence-electron chi connectivity index (χ4n) is 4.14. The van der Waals surface area contributed by atoms with E-state index in [2.05, 4.69) is 74.6 Å². The van der Waals surface area contributed by atoms with Gasteiger partial charge in [-0.3, -0.25) is 0 Å². The lowest BCUT2D eigenvalue weighted by molar-refractivity contribution is -0.139. The molecular formula is C27H39NO5Si. The van der Waals surface area contributed by atoms with Gasteiger partial charge in [-0.05, 0) is 55.4 Å². The van der Waals surface area contributed by atoms with Gasteiger partial charge in [-0.1, -0.05) is 81.4 Å². The first-order chi connectivity index (χ1) is 15.9. The Morgan fingerprint density at radius 2 is 1.38 bits per heavy atom. The molecule has 1 atom stereocenters. The molecule has 2 N–H and O–H groups in total. The van der Waals surface area contributed by atoms with Gasteiger partial charge in [0.25, 0.3) is 8.32 Å². The van der Waals surface area contributed by atoms with Gasteiger partial charge < -0.3 is 19.6 Å². The number of carboxylic acid groups (broad SMARTS) is 1. The summed E-state index contributed by atoms with van der Waals surface area (Å²) in [5.74, 6) is -1.07. The van der Waals surface area contributed by atoms with Crippen LogP contribution in [0.4, 0.5) is 4.79 Å². The molecule has 0 bridgehead atoms. The monoisotopic (exact) mass is 485 g/mol. The molecule has 0 saturated carbocycles. The Labute approximate surface area is 204 Å². The van der Waals surface area contributed by atoms with Gasteiger partial charge in [0, 0.05) is 6.61 Å². The smallest absolute Gasteiger partial charge is 0.408 e. The van der Waals surface area contributed by atoms with Gasteiger partial charge in [0.05, 0.1) is 0 Å². The van der Waals surface area contributed by atoms with Crippen LogP contribution in [0.25, 0.3) is 0 Å². The summed E-state index contributed by atoms with van der Waals surface area (Å²) in [7, 11) is -2.61. The van der Waals surface area contributed by atoms with Gasteiger partial charge in [0.2, 0.25) is 0 Å². The Morgan fingerprint density at radius 1 is 0.882 bits per heavy atom. The summed E-state index contributed by atoms with van der Waals surface area (Å²) < 4.78 is 12.0. The number of rotatable bonds is 10. The Bertz CT molecular complexity index is 880. The molecule has 0 aliphatic heterocycles. The van der Waals surface area contributed by atoms with E-state index in [1.54, 1.807) is 20.8 Å². The number of unbranched alkanes of at least 4 members (excludes halogenated alkanes) is 1. The van der Waals surface area contributed by atoms with Crippen LogP contribution in [0.1, 0.15) is 60.8 Å². The molecule has 2 aromatic carbocycles. The number of alkyl carbamates (subject to hydrolysis) is 1. The minimum Gasteiger partial charge on any atom is -0.480 e. The van der Waals surface area contributed by atoms with Gasteiger partial charge in [-0.2, -0.15) is 0 Å². The number of carbonyl (C=O) groups excluding carboxylic acids is 1. The molecule has 1 amide bonds. The molecule has 6 nitrogen and oxygen atoms in total. The second-order valence-electron chi connectivity index (χ2n) is 10.5. The third-order valence-electron chi connectivity index (χ3n) is 5.61. The zero-order chi connectivity index (χ0) is 25.4. The highest BCUT2D eigenvalue weighted by Crippen LogP contribution is 2.36. The predicted octanol–water partition coefficient (Wildman–Crippen LogP) is 4.71. The van der Waals surface area contributed by atoms with Crippen molar-refractivity contribution < 1.29 is 23.9 Å². The van der Waals surface area contributed by atoms with E-state index in [4.69, 9.17) is 9.16 Å². The van der Waals surface area contributed by atoms with Crippen LogP contribution in [0.2, 0.25) is 5.04 Å². The van der Waals surface area contributed by atoms with Crippen molar-refractivity contribution in [2.75, 3.05) is 6.61 Å². The van der Waals surface area contributed by atoms with E-state index in [0.717, 1.165) is 0 Å². The van der Waals surface area contributed by atoms with E-state index in [0.29, 0.717) is 25.9 Å². The first kappa shape index (κ1) is 27.6. The quantitative estimate of drug-likeness (QED) is 0.376. The van der Waals surface area contributed by atoms with Crippen molar-refractivity contribution >= 4 is 30.8 Å². The molecule has 0 fully saturated rings. The van der Waals surface area contributed by atoms with E-state index in [1.165, 1.54) is 10.4 Å². The average Bonchev–Trinajstić information content (AvgIpc) is 2.74. The Hall–Kier alpha value is -2.64. The highest BCUT2D eigenvalue weighted by atomic mass is 28.4. The van der Waals surface area contributed by atoms with Crippen LogP contribution in [-0.2, 0) is 14.0 Å². The second-order valence-corrected chi connectivity index (χ2v) is 14.9. The Morgan fingerprint density at radius 3 is 1.79 bits per heavy atom. The molecule has 7 heteroatoms. The summed E-state index contributed by atoms with van der Waals surface area (Å²) in [5, 5.41) is 14.3. The topological polar surface area (TPSA) is 84.9 Å². The zero-order valence-electron chi connectivity index (χ0n) is 21.3. The number of amides is 1. The molecule has 34 heavy (non-hydrogen) atoms. The largest absolute Gasteiger partial charge is 0.480 e. The van der Waals surface area contributed by atoms with E-state index in [1.807, 2.05) is 12.1 Å². The van der Waals surface area contributed by atoms with Crippen LogP contribution in [0, 0.1) is 0 Å². The molecule has 186 valence electrons. The third-order valence-corrected chi connectivity index (χ3v) is 10.7. The maximum Gasteiger partial charge on any atom is 0.408 e. The molecule has 0 unspecified atom stereocenters. The number of carboxylic acids is 1. The van der Waals surface area contributed by atoms with Gasteiger partial charge in [-0.25, -0.2) is 9.59 Å². The molecule has 0 radical (unpaired) electrons. The Kier molecular flexibility index (Phi) is 9.47. The van der Waals surface area contributed by atoms with Gasteiger partial charge in [0.1, 0.15) is 11.6 Å². The number of ether oxygens (including phenoxy) is 1. The molecule has 0 aliphatic rings. The highest BCUT2D eigenvalue weighted by Gasteiger charge is 2.49. The summed E-state index contributed by atoms with van der Waals surface area (Å²) in [5.41, 5.74) is -0.684. The van der Waals surface area contributed by atoms with Crippen LogP contribution >= 0.6 is 0 Å². The lowest BCUT2D eigenvalue weighted by atomic mass is 10.1. The predicted molar refractivity (Wildman–Crippen MR) is 138 cm³/mol. The molecule has 2 rings (SSSR count). The van der Waals surface area contributed by atoms with Crippen molar-refractivity contribution in [2.45, 2.75) is 77.5 Å². The number of benzene rings is 2. The SMILES string of the molecule is CC(C)(C)OC(=O)N[C@@H](CCCCO[Si](c1ccccc1)(c1ccccc1)C(C)(C)C)C(=O)O. The molecule has 0 aromatic heterocycles. The lowest BCUT2D eigenvalue weighted by Crippen LogP contribution is -2.66. The van der Waals surface area contributed by atoms with Crippen LogP contribution < -0.4 is 15.7 Å². The van der Waals surface area contributed by atoms with Crippen molar-refractivity contribution in [2.24, 2.45) is 0 Å². The maximum absolute atomic E-state index is 12.0. The van der Waals surface area contributed by atoms with Crippen LogP contribution in [0.15, 0.2) is 60.7 Å². The van der Waals surface area contributed by atoms with Crippen molar-refractivity contribution in [3.05, 3.63) is 60.7 Å². The summed E-state index contributed by atoms with van der Waals surface area (Å²) in [6.07, 6.45) is 0.872. The van der Waals surface area contributed by atoms with Crippen LogP contribution in [0.5, 0.6) is 0 Å². The van der Waals surface area contributed by atoms with E-state index in [9.17, 15) is 14.7 Å². The number of hydrogen-bond acceptors (Lipinski definition) is 4. The number of aliphatic carboxylic acids is 1. The minimum atomic E-state index is -2.61. The molecule has 2 aromatic rings. The van der Waals surface area contributed by atoms with Crippen molar-refractivity contribution in [1.82, 2.24) is 5.32 Å². The zero-order valence-corrected chi connectivity index (χ0v) is 22.3. The lowest BCUT2D eigenvalue weighted by Gasteiger charge is -2.43. The molecule has 0 heterocycles. The highest BCUT2D eigenvalue weighted by molar-refractivity contribution is 6.99. The van der Waals surface area contributed by atoms with Gasteiger partial charge in [0.15, 0.2) is 0 Å². The van der Waals surface area contributed by atoms with Crippen molar-refractivity contribution in [3.63, 3.8) is 0 Å². The first-order valence-corrected chi connectivity index (χ1v) is 13.7. The van der Waals surface area contributed by atoms with Crippen molar-refractivity contribution in [3.8, 4) is 0 Å². The van der Waals surface area contributed by atoms with Gasteiger partial charge in [-0.15, -0.1) is 0 Å².